The fourth-order valence-corrected chi connectivity index (χ4v) is 4.09. The first kappa shape index (κ1) is 22.3. The van der Waals surface area contributed by atoms with E-state index in [4.69, 9.17) is 25.5 Å². The molecule has 2 aromatic carbocycles. The number of alkyl halides is 1. The van der Waals surface area contributed by atoms with Crippen LogP contribution in [0.15, 0.2) is 52.9 Å². The van der Waals surface area contributed by atoms with Crippen LogP contribution in [0, 0.1) is 5.41 Å². The molecule has 3 heterocycles. The predicted molar refractivity (Wildman–Crippen MR) is 128 cm³/mol. The lowest BCUT2D eigenvalue weighted by Gasteiger charge is -2.26. The highest BCUT2D eigenvalue weighted by Gasteiger charge is 2.28. The Hall–Kier alpha value is -3.45. The zero-order valence-electron chi connectivity index (χ0n) is 19.0. The zero-order chi connectivity index (χ0) is 23.9. The van der Waals surface area contributed by atoms with Gasteiger partial charge in [-0.1, -0.05) is 12.1 Å². The van der Waals surface area contributed by atoms with Gasteiger partial charge in [0.25, 0.3) is 5.91 Å². The normalized spacial score (nSPS) is 14.6. The fraction of sp³-hybridized carbons (Fsp3) is 0.308. The Morgan fingerprint density at radius 2 is 1.91 bits per heavy atom. The topological polar surface area (TPSA) is 81.0 Å². The van der Waals surface area contributed by atoms with Gasteiger partial charge in [0, 0.05) is 47.8 Å². The largest absolute Gasteiger partial charge is 0.461 e. The Morgan fingerprint density at radius 1 is 1.09 bits per heavy atom. The molecule has 0 fully saturated rings. The number of anilines is 1. The molecule has 0 radical (unpaired) electrons. The summed E-state index contributed by atoms with van der Waals surface area (Å²) in [6.07, 6.45) is 0.631. The van der Waals surface area contributed by atoms with E-state index in [-0.39, 0.29) is 24.5 Å². The maximum absolute atomic E-state index is 13.1. The van der Waals surface area contributed by atoms with Crippen LogP contribution in [0.2, 0.25) is 0 Å². The summed E-state index contributed by atoms with van der Waals surface area (Å²) in [5, 5.41) is 2.93. The maximum atomic E-state index is 13.1. The van der Waals surface area contributed by atoms with Crippen LogP contribution in [0.25, 0.3) is 11.3 Å². The van der Waals surface area contributed by atoms with Crippen LogP contribution in [0.1, 0.15) is 35.5 Å². The molecule has 2 aliphatic heterocycles. The fourth-order valence-electron chi connectivity index (χ4n) is 3.97. The third-order valence-electron chi connectivity index (χ3n) is 6.13. The number of hydrogen-bond acceptors (Lipinski definition) is 5. The van der Waals surface area contributed by atoms with Gasteiger partial charge in [0.1, 0.15) is 11.5 Å². The van der Waals surface area contributed by atoms with E-state index < -0.39 is 5.41 Å². The summed E-state index contributed by atoms with van der Waals surface area (Å²) in [5.74, 6) is 2.86. The predicted octanol–water partition coefficient (Wildman–Crippen LogP) is 5.08. The molecule has 1 aromatic heterocycles. The first-order valence-electron chi connectivity index (χ1n) is 11.1. The van der Waals surface area contributed by atoms with E-state index in [1.807, 2.05) is 35.2 Å². The molecule has 0 bridgehead atoms. The second kappa shape index (κ2) is 8.72. The smallest absolute Gasteiger partial charge is 0.254 e. The lowest BCUT2D eigenvalue weighted by atomic mass is 9.95. The Labute approximate surface area is 202 Å². The molecule has 5 rings (SSSR count). The lowest BCUT2D eigenvalue weighted by molar-refractivity contribution is -0.122. The number of hydrogen-bond donors (Lipinski definition) is 1. The molecule has 2 aliphatic rings. The van der Waals surface area contributed by atoms with E-state index in [0.717, 1.165) is 16.9 Å². The van der Waals surface area contributed by atoms with Crippen molar-refractivity contribution in [3.63, 3.8) is 0 Å². The molecule has 0 saturated heterocycles. The summed E-state index contributed by atoms with van der Waals surface area (Å²) in [5.41, 5.74) is 2.40. The van der Waals surface area contributed by atoms with Gasteiger partial charge in [-0.05, 0) is 50.2 Å². The van der Waals surface area contributed by atoms with E-state index in [1.54, 1.807) is 32.0 Å². The number of carbonyl (C=O) groups excluding carboxylic acids is 2. The number of halogens is 1. The summed E-state index contributed by atoms with van der Waals surface area (Å²) >= 11 is 5.92. The second-order valence-electron chi connectivity index (χ2n) is 9.16. The number of nitrogens with zero attached hydrogens (tertiary/aromatic N) is 1. The van der Waals surface area contributed by atoms with Gasteiger partial charge in [-0.2, -0.15) is 0 Å². The Kier molecular flexibility index (Phi) is 5.73. The first-order chi connectivity index (χ1) is 16.3. The minimum Gasteiger partial charge on any atom is -0.461 e. The average Bonchev–Trinajstić information content (AvgIpc) is 3.49. The van der Waals surface area contributed by atoms with E-state index in [2.05, 4.69) is 5.32 Å². The quantitative estimate of drug-likeness (QED) is 0.515. The molecule has 176 valence electrons. The molecule has 0 unspecified atom stereocenters. The number of ether oxygens (including phenoxy) is 2. The second-order valence-corrected chi connectivity index (χ2v) is 9.42. The van der Waals surface area contributed by atoms with Gasteiger partial charge in [0.15, 0.2) is 11.5 Å². The molecule has 0 atom stereocenters. The van der Waals surface area contributed by atoms with Crippen molar-refractivity contribution >= 4 is 29.1 Å². The number of amides is 2. The number of benzene rings is 2. The highest BCUT2D eigenvalue weighted by molar-refractivity contribution is 6.20. The van der Waals surface area contributed by atoms with Crippen LogP contribution in [-0.4, -0.2) is 35.9 Å². The Balaban J connectivity index is 1.32. The Morgan fingerprint density at radius 3 is 2.74 bits per heavy atom. The molecule has 0 aliphatic carbocycles. The molecule has 7 nitrogen and oxygen atoms in total. The van der Waals surface area contributed by atoms with E-state index in [1.165, 1.54) is 0 Å². The van der Waals surface area contributed by atoms with E-state index in [9.17, 15) is 9.59 Å². The van der Waals surface area contributed by atoms with Gasteiger partial charge in [-0.3, -0.25) is 9.59 Å². The summed E-state index contributed by atoms with van der Waals surface area (Å²) in [7, 11) is 0. The number of furan rings is 1. The molecule has 34 heavy (non-hydrogen) atoms. The molecule has 0 spiro atoms. The minimum absolute atomic E-state index is 0.0571. The van der Waals surface area contributed by atoms with Crippen LogP contribution in [0.5, 0.6) is 11.5 Å². The molecular formula is C26H25ClN2O5. The maximum Gasteiger partial charge on any atom is 0.254 e. The third kappa shape index (κ3) is 4.23. The lowest BCUT2D eigenvalue weighted by Crippen LogP contribution is -2.35. The van der Waals surface area contributed by atoms with Crippen molar-refractivity contribution in [2.75, 3.05) is 24.5 Å². The standard InChI is InChI=1S/C26H25ClN2O5/c1-26(2,14-27)25(31)28-19-5-3-4-16(10-19)22-12-18-13-29(9-8-20(18)34-22)24(30)17-6-7-21-23(11-17)33-15-32-21/h3-7,10-12H,8-9,13-15H2,1-2H3,(H,28,31). The van der Waals surface area contributed by atoms with Gasteiger partial charge in [-0.15, -0.1) is 11.6 Å². The van der Waals surface area contributed by atoms with Crippen LogP contribution in [0.4, 0.5) is 5.69 Å². The number of rotatable bonds is 5. The van der Waals surface area contributed by atoms with Crippen molar-refractivity contribution in [2.45, 2.75) is 26.8 Å². The molecular weight excluding hydrogens is 456 g/mol. The minimum atomic E-state index is -0.671. The summed E-state index contributed by atoms with van der Waals surface area (Å²) in [6, 6.07) is 14.7. The third-order valence-corrected chi connectivity index (χ3v) is 6.80. The number of carbonyl (C=O) groups is 2. The summed E-state index contributed by atoms with van der Waals surface area (Å²) in [4.78, 5) is 27.4. The van der Waals surface area contributed by atoms with Gasteiger partial charge in [0.2, 0.25) is 12.7 Å². The highest BCUT2D eigenvalue weighted by atomic mass is 35.5. The molecule has 0 saturated carbocycles. The van der Waals surface area contributed by atoms with Crippen molar-refractivity contribution in [1.29, 1.82) is 0 Å². The molecule has 8 heteroatoms. The highest BCUT2D eigenvalue weighted by Crippen LogP contribution is 2.34. The van der Waals surface area contributed by atoms with Crippen molar-refractivity contribution in [2.24, 2.45) is 5.41 Å². The van der Waals surface area contributed by atoms with Crippen LogP contribution >= 0.6 is 11.6 Å². The van der Waals surface area contributed by atoms with Gasteiger partial charge in [0.05, 0.1) is 5.41 Å². The zero-order valence-corrected chi connectivity index (χ0v) is 19.8. The van der Waals surface area contributed by atoms with E-state index in [0.29, 0.717) is 48.0 Å². The van der Waals surface area contributed by atoms with Gasteiger partial charge >= 0.3 is 0 Å². The number of fused-ring (bicyclic) bond motifs is 2. The average molecular weight is 481 g/mol. The molecule has 3 aromatic rings. The molecule has 2 amide bonds. The van der Waals surface area contributed by atoms with Crippen LogP contribution < -0.4 is 14.8 Å². The monoisotopic (exact) mass is 480 g/mol. The first-order valence-corrected chi connectivity index (χ1v) is 11.7. The number of nitrogens with one attached hydrogen (secondary N) is 1. The van der Waals surface area contributed by atoms with E-state index >= 15 is 0 Å². The van der Waals surface area contributed by atoms with Crippen LogP contribution in [0.3, 0.4) is 0 Å². The van der Waals surface area contributed by atoms with Gasteiger partial charge in [-0.25, -0.2) is 0 Å². The van der Waals surface area contributed by atoms with Crippen molar-refractivity contribution in [3.05, 3.63) is 65.4 Å². The Bertz CT molecular complexity index is 1270. The summed E-state index contributed by atoms with van der Waals surface area (Å²) < 4.78 is 16.9. The molecule has 1 N–H and O–H groups in total. The van der Waals surface area contributed by atoms with Crippen molar-refractivity contribution in [3.8, 4) is 22.8 Å². The van der Waals surface area contributed by atoms with Crippen molar-refractivity contribution in [1.82, 2.24) is 4.90 Å². The summed E-state index contributed by atoms with van der Waals surface area (Å²) in [6.45, 7) is 4.81. The van der Waals surface area contributed by atoms with Crippen molar-refractivity contribution < 1.29 is 23.5 Å². The van der Waals surface area contributed by atoms with Gasteiger partial charge < -0.3 is 24.1 Å². The SMILES string of the molecule is CC(C)(CCl)C(=O)Nc1cccc(-c2cc3c(o2)CCN(C(=O)c2ccc4c(c2)OCO4)C3)c1. The van der Waals surface area contributed by atoms with Crippen LogP contribution in [-0.2, 0) is 17.8 Å².